The van der Waals surface area contributed by atoms with E-state index in [1.165, 1.54) is 0 Å². The third kappa shape index (κ3) is 4.15. The van der Waals surface area contributed by atoms with E-state index in [2.05, 4.69) is 22.0 Å². The molecule has 132 valence electrons. The summed E-state index contributed by atoms with van der Waals surface area (Å²) in [6.45, 7) is 4.07. The van der Waals surface area contributed by atoms with Gasteiger partial charge in [0.05, 0.1) is 24.7 Å². The van der Waals surface area contributed by atoms with Gasteiger partial charge in [0, 0.05) is 5.33 Å². The average molecular weight is 407 g/mol. The van der Waals surface area contributed by atoms with Crippen LogP contribution >= 0.6 is 15.9 Å². The topological polar surface area (TPSA) is 94.6 Å². The number of esters is 1. The molecule has 1 heterocycles. The molecule has 0 spiro atoms. The summed E-state index contributed by atoms with van der Waals surface area (Å²) in [6.07, 6.45) is 0. The molecular weight excluding hydrogens is 388 g/mol. The van der Waals surface area contributed by atoms with Crippen molar-refractivity contribution >= 4 is 21.9 Å². The number of rotatable bonds is 6. The van der Waals surface area contributed by atoms with Gasteiger partial charge < -0.3 is 19.9 Å². The number of carbonyl (C=O) groups is 1. The van der Waals surface area contributed by atoms with Crippen LogP contribution in [0.4, 0.5) is 0 Å². The van der Waals surface area contributed by atoms with Crippen molar-refractivity contribution in [3.05, 3.63) is 52.6 Å². The second-order valence-electron chi connectivity index (χ2n) is 5.23. The van der Waals surface area contributed by atoms with Crippen LogP contribution in [0, 0.1) is 11.3 Å². The summed E-state index contributed by atoms with van der Waals surface area (Å²) in [5, 5.41) is 10.2. The number of nitrogens with zero attached hydrogens (tertiary/aromatic N) is 1. The zero-order valence-electron chi connectivity index (χ0n) is 14.0. The van der Waals surface area contributed by atoms with Gasteiger partial charge in [-0.15, -0.1) is 0 Å². The molecule has 25 heavy (non-hydrogen) atoms. The Labute approximate surface area is 155 Å². The summed E-state index contributed by atoms with van der Waals surface area (Å²) in [5.74, 6) is -0.237. The first kappa shape index (κ1) is 18.9. The second kappa shape index (κ2) is 8.58. The van der Waals surface area contributed by atoms with Crippen LogP contribution < -0.4 is 10.5 Å². The molecule has 1 aliphatic rings. The molecule has 1 atom stereocenters. The molecule has 1 aromatic carbocycles. The van der Waals surface area contributed by atoms with E-state index in [0.29, 0.717) is 29.0 Å². The normalized spacial score (nSPS) is 17.0. The Morgan fingerprint density at radius 2 is 2.24 bits per heavy atom. The maximum atomic E-state index is 12.4. The summed E-state index contributed by atoms with van der Waals surface area (Å²) in [4.78, 5) is 12.4. The smallest absolute Gasteiger partial charge is 0.338 e. The lowest BCUT2D eigenvalue weighted by molar-refractivity contribution is -0.139. The van der Waals surface area contributed by atoms with Crippen LogP contribution in [0.1, 0.15) is 25.3 Å². The molecule has 0 bridgehead atoms. The van der Waals surface area contributed by atoms with E-state index in [4.69, 9.17) is 19.9 Å². The molecule has 2 rings (SSSR count). The van der Waals surface area contributed by atoms with Crippen molar-refractivity contribution in [3.8, 4) is 11.8 Å². The Balaban J connectivity index is 2.53. The standard InChI is InChI=1S/C18H19BrN2O4/c1-3-23-18(22)15-11(2)25-17(21)14(10-20)16(15)12-5-4-6-13(9-12)24-8-7-19/h4-6,9,16H,3,7-8,21H2,1-2H3. The van der Waals surface area contributed by atoms with E-state index >= 15 is 0 Å². The van der Waals surface area contributed by atoms with Gasteiger partial charge in [0.1, 0.15) is 23.2 Å². The fourth-order valence-electron chi connectivity index (χ4n) is 2.63. The van der Waals surface area contributed by atoms with Gasteiger partial charge in [0.25, 0.3) is 0 Å². The monoisotopic (exact) mass is 406 g/mol. The van der Waals surface area contributed by atoms with E-state index < -0.39 is 11.9 Å². The molecule has 1 unspecified atom stereocenters. The Kier molecular flexibility index (Phi) is 6.48. The molecule has 7 heteroatoms. The number of halogens is 1. The maximum Gasteiger partial charge on any atom is 0.338 e. The molecule has 2 N–H and O–H groups in total. The van der Waals surface area contributed by atoms with Crippen molar-refractivity contribution in [2.75, 3.05) is 18.5 Å². The van der Waals surface area contributed by atoms with Gasteiger partial charge in [-0.25, -0.2) is 4.79 Å². The van der Waals surface area contributed by atoms with Gasteiger partial charge in [-0.2, -0.15) is 5.26 Å². The Bertz CT molecular complexity index is 765. The number of ether oxygens (including phenoxy) is 3. The van der Waals surface area contributed by atoms with Crippen LogP contribution in [-0.4, -0.2) is 24.5 Å². The molecule has 1 aromatic rings. The van der Waals surface area contributed by atoms with E-state index in [1.807, 2.05) is 12.1 Å². The molecule has 0 radical (unpaired) electrons. The number of hydrogen-bond donors (Lipinski definition) is 1. The van der Waals surface area contributed by atoms with Crippen molar-refractivity contribution in [2.24, 2.45) is 5.73 Å². The number of alkyl halides is 1. The first-order valence-corrected chi connectivity index (χ1v) is 8.89. The fraction of sp³-hybridized carbons (Fsp3) is 0.333. The van der Waals surface area contributed by atoms with Gasteiger partial charge in [-0.3, -0.25) is 0 Å². The molecule has 0 saturated carbocycles. The van der Waals surface area contributed by atoms with Gasteiger partial charge >= 0.3 is 5.97 Å². The van der Waals surface area contributed by atoms with Crippen LogP contribution in [0.15, 0.2) is 47.1 Å². The molecule has 0 aromatic heterocycles. The SMILES string of the molecule is CCOC(=O)C1=C(C)OC(N)=C(C#N)C1c1cccc(OCCBr)c1. The molecule has 0 aliphatic carbocycles. The van der Waals surface area contributed by atoms with Gasteiger partial charge in [-0.1, -0.05) is 28.1 Å². The maximum absolute atomic E-state index is 12.4. The molecule has 6 nitrogen and oxygen atoms in total. The predicted molar refractivity (Wildman–Crippen MR) is 95.7 cm³/mol. The number of benzene rings is 1. The molecule has 1 aliphatic heterocycles. The summed E-state index contributed by atoms with van der Waals surface area (Å²) < 4.78 is 16.1. The molecule has 0 fully saturated rings. The lowest BCUT2D eigenvalue weighted by atomic mass is 9.83. The first-order chi connectivity index (χ1) is 12.0. The van der Waals surface area contributed by atoms with Crippen molar-refractivity contribution in [1.82, 2.24) is 0 Å². The van der Waals surface area contributed by atoms with Crippen LogP contribution in [0.25, 0.3) is 0 Å². The van der Waals surface area contributed by atoms with Crippen LogP contribution in [0.3, 0.4) is 0 Å². The van der Waals surface area contributed by atoms with Gasteiger partial charge in [0.15, 0.2) is 0 Å². The lowest BCUT2D eigenvalue weighted by Crippen LogP contribution is -2.25. The number of nitriles is 1. The summed E-state index contributed by atoms with van der Waals surface area (Å²) in [7, 11) is 0. The highest BCUT2D eigenvalue weighted by Crippen LogP contribution is 2.40. The Morgan fingerprint density at radius 3 is 2.88 bits per heavy atom. The van der Waals surface area contributed by atoms with Gasteiger partial charge in [-0.05, 0) is 31.5 Å². The fourth-order valence-corrected chi connectivity index (χ4v) is 2.79. The highest BCUT2D eigenvalue weighted by molar-refractivity contribution is 9.09. The molecule has 0 amide bonds. The largest absolute Gasteiger partial charge is 0.493 e. The Hall–Kier alpha value is -2.46. The predicted octanol–water partition coefficient (Wildman–Crippen LogP) is 3.11. The minimum absolute atomic E-state index is 0.00942. The zero-order valence-corrected chi connectivity index (χ0v) is 15.6. The lowest BCUT2D eigenvalue weighted by Gasteiger charge is -2.27. The number of allylic oxidation sites excluding steroid dienone is 2. The summed E-state index contributed by atoms with van der Waals surface area (Å²) in [6, 6.07) is 9.27. The van der Waals surface area contributed by atoms with E-state index in [1.54, 1.807) is 26.0 Å². The number of hydrogen-bond acceptors (Lipinski definition) is 6. The van der Waals surface area contributed by atoms with Crippen molar-refractivity contribution in [2.45, 2.75) is 19.8 Å². The van der Waals surface area contributed by atoms with E-state index in [0.717, 1.165) is 0 Å². The van der Waals surface area contributed by atoms with Crippen LogP contribution in [-0.2, 0) is 14.3 Å². The van der Waals surface area contributed by atoms with E-state index in [-0.39, 0.29) is 23.6 Å². The second-order valence-corrected chi connectivity index (χ2v) is 6.02. The van der Waals surface area contributed by atoms with Crippen molar-refractivity contribution < 1.29 is 19.0 Å². The van der Waals surface area contributed by atoms with Gasteiger partial charge in [0.2, 0.25) is 5.88 Å². The third-order valence-corrected chi connectivity index (χ3v) is 3.96. The van der Waals surface area contributed by atoms with Crippen LogP contribution in [0.5, 0.6) is 5.75 Å². The van der Waals surface area contributed by atoms with Crippen molar-refractivity contribution in [3.63, 3.8) is 0 Å². The minimum Gasteiger partial charge on any atom is -0.493 e. The first-order valence-electron chi connectivity index (χ1n) is 7.77. The number of nitrogens with two attached hydrogens (primary N) is 1. The highest BCUT2D eigenvalue weighted by atomic mass is 79.9. The van der Waals surface area contributed by atoms with Crippen molar-refractivity contribution in [1.29, 1.82) is 5.26 Å². The zero-order chi connectivity index (χ0) is 18.4. The number of carbonyl (C=O) groups excluding carboxylic acids is 1. The summed E-state index contributed by atoms with van der Waals surface area (Å²) in [5.41, 5.74) is 7.02. The van der Waals surface area contributed by atoms with E-state index in [9.17, 15) is 10.1 Å². The highest BCUT2D eigenvalue weighted by Gasteiger charge is 2.36. The summed E-state index contributed by atoms with van der Waals surface area (Å²) >= 11 is 3.31. The molecular formula is C18H19BrN2O4. The minimum atomic E-state index is -0.662. The average Bonchev–Trinajstić information content (AvgIpc) is 2.59. The third-order valence-electron chi connectivity index (χ3n) is 3.64. The van der Waals surface area contributed by atoms with Crippen LogP contribution in [0.2, 0.25) is 0 Å². The quantitative estimate of drug-likeness (QED) is 0.575. The Morgan fingerprint density at radius 1 is 1.48 bits per heavy atom. The molecule has 0 saturated heterocycles.